The first-order valence-corrected chi connectivity index (χ1v) is 6.98. The third kappa shape index (κ3) is 5.44. The van der Waals surface area contributed by atoms with Gasteiger partial charge in [0.2, 0.25) is 0 Å². The standard InChI is InChI=1S/C14H23N3O3/c1-2-3-8-16-13(18)11-20-12-6-4-9-17(14(12)19)10-5-7-15/h4,6,9H,2-3,5,7-8,10-11,15H2,1H3,(H,16,18). The SMILES string of the molecule is CCCCNC(=O)COc1cccn(CCCN)c1=O. The monoisotopic (exact) mass is 281 g/mol. The van der Waals surface area contributed by atoms with Gasteiger partial charge in [-0.3, -0.25) is 9.59 Å². The molecule has 20 heavy (non-hydrogen) atoms. The first-order valence-electron chi connectivity index (χ1n) is 6.98. The number of amides is 1. The summed E-state index contributed by atoms with van der Waals surface area (Å²) in [4.78, 5) is 23.5. The lowest BCUT2D eigenvalue weighted by Gasteiger charge is -2.09. The summed E-state index contributed by atoms with van der Waals surface area (Å²) in [7, 11) is 0. The van der Waals surface area contributed by atoms with E-state index >= 15 is 0 Å². The Kier molecular flexibility index (Phi) is 7.42. The molecule has 0 bridgehead atoms. The smallest absolute Gasteiger partial charge is 0.292 e. The summed E-state index contributed by atoms with van der Waals surface area (Å²) >= 11 is 0. The van der Waals surface area contributed by atoms with E-state index in [-0.39, 0.29) is 23.8 Å². The van der Waals surface area contributed by atoms with Crippen LogP contribution >= 0.6 is 0 Å². The van der Waals surface area contributed by atoms with Gasteiger partial charge in [-0.25, -0.2) is 0 Å². The average Bonchev–Trinajstić information content (AvgIpc) is 2.45. The van der Waals surface area contributed by atoms with Crippen molar-refractivity contribution >= 4 is 5.91 Å². The van der Waals surface area contributed by atoms with E-state index in [0.717, 1.165) is 19.3 Å². The van der Waals surface area contributed by atoms with Gasteiger partial charge in [-0.2, -0.15) is 0 Å². The molecule has 0 atom stereocenters. The highest BCUT2D eigenvalue weighted by Crippen LogP contribution is 2.02. The van der Waals surface area contributed by atoms with Crippen LogP contribution in [0, 0.1) is 0 Å². The Bertz CT molecular complexity index is 471. The molecule has 112 valence electrons. The number of hydrogen-bond donors (Lipinski definition) is 2. The minimum Gasteiger partial charge on any atom is -0.478 e. The highest BCUT2D eigenvalue weighted by molar-refractivity contribution is 5.77. The van der Waals surface area contributed by atoms with Crippen molar-refractivity contribution in [1.29, 1.82) is 0 Å². The van der Waals surface area contributed by atoms with E-state index in [1.165, 1.54) is 4.57 Å². The molecular formula is C14H23N3O3. The number of unbranched alkanes of at least 4 members (excludes halogenated alkanes) is 1. The van der Waals surface area contributed by atoms with Crippen LogP contribution in [0.2, 0.25) is 0 Å². The zero-order valence-electron chi connectivity index (χ0n) is 11.9. The number of ether oxygens (including phenoxy) is 1. The third-order valence-electron chi connectivity index (χ3n) is 2.80. The second kappa shape index (κ2) is 9.14. The molecule has 0 aromatic carbocycles. The zero-order valence-corrected chi connectivity index (χ0v) is 11.9. The van der Waals surface area contributed by atoms with Gasteiger partial charge in [-0.05, 0) is 31.5 Å². The Balaban J connectivity index is 2.51. The number of carbonyl (C=O) groups is 1. The number of aryl methyl sites for hydroxylation is 1. The Morgan fingerprint density at radius 3 is 2.95 bits per heavy atom. The zero-order chi connectivity index (χ0) is 14.8. The van der Waals surface area contributed by atoms with Gasteiger partial charge in [0, 0.05) is 19.3 Å². The van der Waals surface area contributed by atoms with Crippen molar-refractivity contribution in [2.45, 2.75) is 32.7 Å². The molecule has 1 amide bonds. The molecule has 3 N–H and O–H groups in total. The Morgan fingerprint density at radius 1 is 1.45 bits per heavy atom. The molecule has 6 heteroatoms. The minimum atomic E-state index is -0.234. The summed E-state index contributed by atoms with van der Waals surface area (Å²) in [5, 5.41) is 2.73. The number of nitrogens with one attached hydrogen (secondary N) is 1. The van der Waals surface area contributed by atoms with Gasteiger partial charge in [0.25, 0.3) is 11.5 Å². The fraction of sp³-hybridized carbons (Fsp3) is 0.571. The second-order valence-electron chi connectivity index (χ2n) is 4.51. The van der Waals surface area contributed by atoms with Crippen molar-refractivity contribution in [3.8, 4) is 5.75 Å². The molecule has 0 spiro atoms. The molecule has 0 aliphatic carbocycles. The molecule has 1 aromatic heterocycles. The predicted molar refractivity (Wildman–Crippen MR) is 77.8 cm³/mol. The van der Waals surface area contributed by atoms with E-state index in [2.05, 4.69) is 12.2 Å². The third-order valence-corrected chi connectivity index (χ3v) is 2.80. The highest BCUT2D eigenvalue weighted by Gasteiger charge is 2.07. The minimum absolute atomic E-state index is 0.139. The van der Waals surface area contributed by atoms with Crippen LogP contribution in [-0.4, -0.2) is 30.2 Å². The number of aromatic nitrogens is 1. The molecule has 0 radical (unpaired) electrons. The lowest BCUT2D eigenvalue weighted by molar-refractivity contribution is -0.123. The Morgan fingerprint density at radius 2 is 2.25 bits per heavy atom. The van der Waals surface area contributed by atoms with E-state index in [9.17, 15) is 9.59 Å². The van der Waals surface area contributed by atoms with Gasteiger partial charge in [0.05, 0.1) is 0 Å². The van der Waals surface area contributed by atoms with Crippen molar-refractivity contribution < 1.29 is 9.53 Å². The fourth-order valence-electron chi connectivity index (χ4n) is 1.66. The number of hydrogen-bond acceptors (Lipinski definition) is 4. The maximum Gasteiger partial charge on any atom is 0.292 e. The van der Waals surface area contributed by atoms with Crippen molar-refractivity contribution in [2.75, 3.05) is 19.7 Å². The molecule has 1 rings (SSSR count). The first-order chi connectivity index (χ1) is 9.69. The van der Waals surface area contributed by atoms with Crippen LogP contribution in [0.25, 0.3) is 0 Å². The van der Waals surface area contributed by atoms with Gasteiger partial charge in [-0.1, -0.05) is 13.3 Å². The molecule has 0 fully saturated rings. The first kappa shape index (κ1) is 16.2. The van der Waals surface area contributed by atoms with Crippen LogP contribution in [0.5, 0.6) is 5.75 Å². The summed E-state index contributed by atoms with van der Waals surface area (Å²) in [5.74, 6) is -0.0228. The van der Waals surface area contributed by atoms with Gasteiger partial charge < -0.3 is 20.4 Å². The lowest BCUT2D eigenvalue weighted by Crippen LogP contribution is -2.31. The maximum atomic E-state index is 12.0. The quantitative estimate of drug-likeness (QED) is 0.645. The van der Waals surface area contributed by atoms with Crippen LogP contribution in [0.4, 0.5) is 0 Å². The van der Waals surface area contributed by atoms with E-state index < -0.39 is 0 Å². The lowest BCUT2D eigenvalue weighted by atomic mass is 10.3. The summed E-state index contributed by atoms with van der Waals surface area (Å²) in [6.07, 6.45) is 4.36. The molecule has 0 saturated heterocycles. The molecule has 6 nitrogen and oxygen atoms in total. The van der Waals surface area contributed by atoms with Gasteiger partial charge in [0.15, 0.2) is 12.4 Å². The molecule has 1 aromatic rings. The topological polar surface area (TPSA) is 86.3 Å². The van der Waals surface area contributed by atoms with Crippen LogP contribution in [-0.2, 0) is 11.3 Å². The Labute approximate surface area is 118 Å². The molecule has 0 saturated carbocycles. The summed E-state index contributed by atoms with van der Waals surface area (Å²) in [6.45, 7) is 3.62. The van der Waals surface area contributed by atoms with E-state index in [1.54, 1.807) is 18.3 Å². The maximum absolute atomic E-state index is 12.0. The average molecular weight is 281 g/mol. The van der Waals surface area contributed by atoms with Crippen molar-refractivity contribution in [3.05, 3.63) is 28.7 Å². The van der Waals surface area contributed by atoms with E-state index in [4.69, 9.17) is 10.5 Å². The van der Waals surface area contributed by atoms with E-state index in [0.29, 0.717) is 19.6 Å². The number of rotatable bonds is 9. The normalized spacial score (nSPS) is 10.3. The van der Waals surface area contributed by atoms with Crippen LogP contribution in [0.1, 0.15) is 26.2 Å². The molecular weight excluding hydrogens is 258 g/mol. The van der Waals surface area contributed by atoms with E-state index in [1.807, 2.05) is 0 Å². The van der Waals surface area contributed by atoms with Gasteiger partial charge >= 0.3 is 0 Å². The molecule has 0 aliphatic rings. The molecule has 0 aliphatic heterocycles. The number of carbonyl (C=O) groups excluding carboxylic acids is 1. The molecule has 1 heterocycles. The van der Waals surface area contributed by atoms with Crippen LogP contribution in [0.15, 0.2) is 23.1 Å². The van der Waals surface area contributed by atoms with Gasteiger partial charge in [0.1, 0.15) is 0 Å². The number of nitrogens with two attached hydrogens (primary N) is 1. The summed E-state index contributed by atoms with van der Waals surface area (Å²) in [5.41, 5.74) is 5.19. The summed E-state index contributed by atoms with van der Waals surface area (Å²) < 4.78 is 6.81. The van der Waals surface area contributed by atoms with Crippen LogP contribution < -0.4 is 21.3 Å². The molecule has 0 unspecified atom stereocenters. The Hall–Kier alpha value is -1.82. The fourth-order valence-corrected chi connectivity index (χ4v) is 1.66. The highest BCUT2D eigenvalue weighted by atomic mass is 16.5. The largest absolute Gasteiger partial charge is 0.478 e. The van der Waals surface area contributed by atoms with Crippen molar-refractivity contribution in [2.24, 2.45) is 5.73 Å². The number of nitrogens with zero attached hydrogens (tertiary/aromatic N) is 1. The van der Waals surface area contributed by atoms with Crippen molar-refractivity contribution in [1.82, 2.24) is 9.88 Å². The summed E-state index contributed by atoms with van der Waals surface area (Å²) in [6, 6.07) is 3.29. The van der Waals surface area contributed by atoms with Crippen molar-refractivity contribution in [3.63, 3.8) is 0 Å². The predicted octanol–water partition coefficient (Wildman–Crippen LogP) is 0.492. The van der Waals surface area contributed by atoms with Crippen LogP contribution in [0.3, 0.4) is 0 Å². The van der Waals surface area contributed by atoms with Gasteiger partial charge in [-0.15, -0.1) is 0 Å². The number of pyridine rings is 1. The second-order valence-corrected chi connectivity index (χ2v) is 4.51.